The van der Waals surface area contributed by atoms with E-state index in [1.807, 2.05) is 20.8 Å². The topological polar surface area (TPSA) is 62.0 Å². The van der Waals surface area contributed by atoms with Gasteiger partial charge in [-0.2, -0.15) is 0 Å². The summed E-state index contributed by atoms with van der Waals surface area (Å²) in [5.74, 6) is 0. The molecule has 1 rings (SSSR count). The minimum absolute atomic E-state index is 0.194. The van der Waals surface area contributed by atoms with Gasteiger partial charge in [-0.15, -0.1) is 0 Å². The van der Waals surface area contributed by atoms with Crippen molar-refractivity contribution in [2.24, 2.45) is 5.73 Å². The highest BCUT2D eigenvalue weighted by Gasteiger charge is 2.25. The Hall–Kier alpha value is -0.850. The van der Waals surface area contributed by atoms with Crippen LogP contribution < -0.4 is 5.73 Å². The minimum atomic E-state index is -0.419. The van der Waals surface area contributed by atoms with Crippen molar-refractivity contribution in [2.75, 3.05) is 58.9 Å². The molecule has 1 aliphatic heterocycles. The molecule has 1 aliphatic rings. The number of nitrogens with two attached hydrogens (primary N) is 1. The van der Waals surface area contributed by atoms with Crippen LogP contribution in [0.5, 0.6) is 0 Å². The van der Waals surface area contributed by atoms with Gasteiger partial charge in [0.25, 0.3) is 0 Å². The Bertz CT molecular complexity index is 309. The molecule has 0 aliphatic carbocycles. The summed E-state index contributed by atoms with van der Waals surface area (Å²) < 4.78 is 5.41. The van der Waals surface area contributed by atoms with E-state index in [0.29, 0.717) is 6.54 Å². The van der Waals surface area contributed by atoms with Crippen molar-refractivity contribution in [1.82, 2.24) is 14.7 Å². The molecule has 0 aromatic carbocycles. The molecule has 1 heterocycles. The second kappa shape index (κ2) is 8.56. The predicted molar refractivity (Wildman–Crippen MR) is 85.4 cm³/mol. The number of carbonyl (C=O) groups excluding carboxylic acids is 1. The summed E-state index contributed by atoms with van der Waals surface area (Å²) in [4.78, 5) is 18.6. The van der Waals surface area contributed by atoms with E-state index in [2.05, 4.69) is 16.7 Å². The maximum atomic E-state index is 12.0. The lowest BCUT2D eigenvalue weighted by atomic mass is 10.2. The average molecular weight is 300 g/mol. The van der Waals surface area contributed by atoms with Gasteiger partial charge in [0.2, 0.25) is 0 Å². The third-order valence-electron chi connectivity index (χ3n) is 3.65. The van der Waals surface area contributed by atoms with Gasteiger partial charge in [-0.3, -0.25) is 4.90 Å². The highest BCUT2D eigenvalue weighted by atomic mass is 16.6. The normalized spacial score (nSPS) is 17.3. The molecule has 6 nitrogen and oxygen atoms in total. The Morgan fingerprint density at radius 2 is 1.81 bits per heavy atom. The molecule has 1 amide bonds. The number of nitrogens with zero attached hydrogens (tertiary/aromatic N) is 3. The Morgan fingerprint density at radius 3 is 2.29 bits per heavy atom. The number of rotatable bonds is 6. The molecule has 0 aromatic heterocycles. The van der Waals surface area contributed by atoms with Gasteiger partial charge < -0.3 is 20.3 Å². The molecule has 21 heavy (non-hydrogen) atoms. The maximum absolute atomic E-state index is 12.0. The van der Waals surface area contributed by atoms with Crippen LogP contribution in [0.15, 0.2) is 0 Å². The summed E-state index contributed by atoms with van der Waals surface area (Å²) in [6, 6.07) is 0. The monoisotopic (exact) mass is 300 g/mol. The van der Waals surface area contributed by atoms with E-state index >= 15 is 0 Å². The van der Waals surface area contributed by atoms with E-state index in [1.54, 1.807) is 4.90 Å². The van der Waals surface area contributed by atoms with Crippen LogP contribution in [0.3, 0.4) is 0 Å². The van der Waals surface area contributed by atoms with Gasteiger partial charge in [-0.1, -0.05) is 6.92 Å². The average Bonchev–Trinajstić information content (AvgIpc) is 2.42. The van der Waals surface area contributed by atoms with Crippen molar-refractivity contribution < 1.29 is 9.53 Å². The summed E-state index contributed by atoms with van der Waals surface area (Å²) in [6.07, 6.45) is -0.194. The number of likely N-dealkylation sites (N-methyl/N-ethyl adjacent to an activating group) is 1. The molecule has 0 unspecified atom stereocenters. The van der Waals surface area contributed by atoms with E-state index < -0.39 is 5.60 Å². The minimum Gasteiger partial charge on any atom is -0.444 e. The first kappa shape index (κ1) is 18.2. The van der Waals surface area contributed by atoms with Gasteiger partial charge in [0, 0.05) is 52.4 Å². The fraction of sp³-hybridized carbons (Fsp3) is 0.933. The van der Waals surface area contributed by atoms with Crippen LogP contribution in [0.4, 0.5) is 4.79 Å². The van der Waals surface area contributed by atoms with Crippen molar-refractivity contribution in [3.05, 3.63) is 0 Å². The number of amides is 1. The van der Waals surface area contributed by atoms with Gasteiger partial charge in [-0.25, -0.2) is 4.79 Å². The summed E-state index contributed by atoms with van der Waals surface area (Å²) in [6.45, 7) is 16.0. The van der Waals surface area contributed by atoms with E-state index in [1.165, 1.54) is 0 Å². The number of piperazine rings is 1. The summed E-state index contributed by atoms with van der Waals surface area (Å²) >= 11 is 0. The van der Waals surface area contributed by atoms with Crippen molar-refractivity contribution in [3.8, 4) is 0 Å². The Morgan fingerprint density at radius 1 is 1.19 bits per heavy atom. The zero-order valence-electron chi connectivity index (χ0n) is 14.1. The maximum Gasteiger partial charge on any atom is 0.410 e. The molecule has 0 atom stereocenters. The fourth-order valence-electron chi connectivity index (χ4n) is 2.37. The quantitative estimate of drug-likeness (QED) is 0.787. The molecule has 6 heteroatoms. The molecule has 0 radical (unpaired) electrons. The lowest BCUT2D eigenvalue weighted by molar-refractivity contribution is 0.0139. The molecule has 1 saturated heterocycles. The van der Waals surface area contributed by atoms with Crippen LogP contribution in [-0.4, -0.2) is 85.3 Å². The third kappa shape index (κ3) is 7.11. The third-order valence-corrected chi connectivity index (χ3v) is 3.65. The van der Waals surface area contributed by atoms with Crippen molar-refractivity contribution in [3.63, 3.8) is 0 Å². The number of hydrogen-bond acceptors (Lipinski definition) is 5. The molecule has 124 valence electrons. The molecule has 1 fully saturated rings. The second-order valence-corrected chi connectivity index (χ2v) is 6.53. The van der Waals surface area contributed by atoms with E-state index in [-0.39, 0.29) is 6.09 Å². The smallest absolute Gasteiger partial charge is 0.410 e. The largest absolute Gasteiger partial charge is 0.444 e. The van der Waals surface area contributed by atoms with Crippen LogP contribution in [0.25, 0.3) is 0 Å². The molecule has 0 saturated carbocycles. The van der Waals surface area contributed by atoms with Gasteiger partial charge in [0.05, 0.1) is 0 Å². The van der Waals surface area contributed by atoms with Gasteiger partial charge in [0.1, 0.15) is 5.60 Å². The Labute approximate surface area is 129 Å². The van der Waals surface area contributed by atoms with Crippen LogP contribution >= 0.6 is 0 Å². The Kier molecular flexibility index (Phi) is 7.42. The van der Waals surface area contributed by atoms with Crippen LogP contribution in [0.2, 0.25) is 0 Å². The van der Waals surface area contributed by atoms with Gasteiger partial charge in [0.15, 0.2) is 0 Å². The van der Waals surface area contributed by atoms with E-state index in [9.17, 15) is 4.79 Å². The zero-order valence-corrected chi connectivity index (χ0v) is 14.1. The molecular formula is C15H32N4O2. The number of carbonyl (C=O) groups is 1. The van der Waals surface area contributed by atoms with Crippen molar-refractivity contribution in [1.29, 1.82) is 0 Å². The summed E-state index contributed by atoms with van der Waals surface area (Å²) in [5, 5.41) is 0. The first-order chi connectivity index (χ1) is 9.85. The van der Waals surface area contributed by atoms with Gasteiger partial charge in [-0.05, 0) is 27.3 Å². The lowest BCUT2D eigenvalue weighted by Gasteiger charge is -2.36. The van der Waals surface area contributed by atoms with Crippen LogP contribution in [0, 0.1) is 0 Å². The van der Waals surface area contributed by atoms with Crippen molar-refractivity contribution in [2.45, 2.75) is 33.3 Å². The van der Waals surface area contributed by atoms with E-state index in [4.69, 9.17) is 10.5 Å². The van der Waals surface area contributed by atoms with Crippen LogP contribution in [-0.2, 0) is 4.74 Å². The van der Waals surface area contributed by atoms with E-state index in [0.717, 1.165) is 52.4 Å². The highest BCUT2D eigenvalue weighted by Crippen LogP contribution is 2.11. The molecule has 2 N–H and O–H groups in total. The van der Waals surface area contributed by atoms with Gasteiger partial charge >= 0.3 is 6.09 Å². The molecule has 0 spiro atoms. The standard InChI is InChI=1S/C15H32N4O2/c1-5-17(7-6-16)8-9-18-10-12-19(13-11-18)14(20)21-15(2,3)4/h5-13,16H2,1-4H3. The SMILES string of the molecule is CCN(CCN)CCN1CCN(C(=O)OC(C)(C)C)CC1. The zero-order chi connectivity index (χ0) is 15.9. The fourth-order valence-corrected chi connectivity index (χ4v) is 2.37. The summed E-state index contributed by atoms with van der Waals surface area (Å²) in [7, 11) is 0. The first-order valence-electron chi connectivity index (χ1n) is 7.98. The number of hydrogen-bond donors (Lipinski definition) is 1. The molecular weight excluding hydrogens is 268 g/mol. The lowest BCUT2D eigenvalue weighted by Crippen LogP contribution is -2.51. The second-order valence-electron chi connectivity index (χ2n) is 6.53. The number of ether oxygens (including phenoxy) is 1. The predicted octanol–water partition coefficient (Wildman–Crippen LogP) is 0.820. The van der Waals surface area contributed by atoms with Crippen LogP contribution in [0.1, 0.15) is 27.7 Å². The Balaban J connectivity index is 2.27. The molecule has 0 bridgehead atoms. The first-order valence-corrected chi connectivity index (χ1v) is 7.98. The molecule has 0 aromatic rings. The van der Waals surface area contributed by atoms with Crippen molar-refractivity contribution >= 4 is 6.09 Å². The summed E-state index contributed by atoms with van der Waals surface area (Å²) in [5.41, 5.74) is 5.18. The highest BCUT2D eigenvalue weighted by molar-refractivity contribution is 5.68.